The zero-order valence-electron chi connectivity index (χ0n) is 26.2. The van der Waals surface area contributed by atoms with E-state index in [4.69, 9.17) is 11.1 Å². The van der Waals surface area contributed by atoms with E-state index in [1.165, 1.54) is 31.7 Å². The quantitative estimate of drug-likeness (QED) is 0.423. The molecule has 1 amide bonds. The van der Waals surface area contributed by atoms with Crippen molar-refractivity contribution in [2.24, 2.45) is 22.6 Å². The molecule has 4 bridgehead atoms. The zero-order valence-corrected chi connectivity index (χ0v) is 26.0. The molecule has 2 N–H and O–H groups in total. The lowest BCUT2D eigenvalue weighted by atomic mass is 9.93. The molecule has 5 aliphatic rings. The average Bonchev–Trinajstić information content (AvgIpc) is 3.94. The van der Waals surface area contributed by atoms with Crippen molar-refractivity contribution in [2.75, 3.05) is 29.9 Å². The van der Waals surface area contributed by atoms with Crippen LogP contribution in [0.4, 0.5) is 11.6 Å². The lowest BCUT2D eigenvalue weighted by molar-refractivity contribution is 0.0981. The molecule has 44 heavy (non-hydrogen) atoms. The summed E-state index contributed by atoms with van der Waals surface area (Å²) in [6.45, 7) is 6.06. The predicted molar refractivity (Wildman–Crippen MR) is 164 cm³/mol. The number of anilines is 2. The summed E-state index contributed by atoms with van der Waals surface area (Å²) in [5, 5.41) is 7.59. The van der Waals surface area contributed by atoms with Gasteiger partial charge in [0.05, 0.1) is 12.2 Å². The molecule has 232 valence electrons. The normalized spacial score (nSPS) is 26.4. The number of carbonyl (C=O) groups excluding carboxylic acids is 1. The van der Waals surface area contributed by atoms with Crippen molar-refractivity contribution >= 4 is 27.6 Å². The van der Waals surface area contributed by atoms with Gasteiger partial charge >= 0.3 is 0 Å². The maximum atomic E-state index is 13.6. The highest BCUT2D eigenvalue weighted by molar-refractivity contribution is 7.90. The molecule has 0 unspecified atom stereocenters. The fourth-order valence-electron chi connectivity index (χ4n) is 8.18. The van der Waals surface area contributed by atoms with Crippen molar-refractivity contribution in [1.82, 2.24) is 24.5 Å². The highest BCUT2D eigenvalue weighted by Gasteiger charge is 2.85. The second kappa shape index (κ2) is 9.66. The number of aromatic nitrogens is 4. The van der Waals surface area contributed by atoms with Gasteiger partial charge in [-0.25, -0.2) is 19.4 Å². The maximum Gasteiger partial charge on any atom is 0.281 e. The number of fused-ring (bicyclic) bond motifs is 7. The fourth-order valence-corrected chi connectivity index (χ4v) is 9.12. The molecule has 3 aliphatic carbocycles. The standard InChI is InChI=1S/C32H39N7O4S/c1-30(2)19-21-5-4-16-33-24-6-3-7-27(34-24)44(41,42)37-29(40)22-8-9-25(35-28(22)38(30)20-21)39-17-10-26(36-39)43-18-11-23-31(12-13-31)32(23)14-15-32/h3,6-10,17,21,23H,4-5,11-16,18-20H2,1-2H3,(H,33,34)(H,37,40)/t21-/m0/s1/i23D. The number of pyridine rings is 2. The van der Waals surface area contributed by atoms with Gasteiger partial charge in [0.1, 0.15) is 11.6 Å². The summed E-state index contributed by atoms with van der Waals surface area (Å²) in [6.07, 6.45) is 10.0. The van der Waals surface area contributed by atoms with Gasteiger partial charge < -0.3 is 15.0 Å². The summed E-state index contributed by atoms with van der Waals surface area (Å²) in [7, 11) is -4.24. The van der Waals surface area contributed by atoms with E-state index in [9.17, 15) is 13.2 Å². The number of rotatable bonds is 5. The molecule has 3 aromatic rings. The van der Waals surface area contributed by atoms with Crippen LogP contribution in [0.25, 0.3) is 5.82 Å². The molecule has 1 atom stereocenters. The molecule has 1 saturated heterocycles. The van der Waals surface area contributed by atoms with Crippen molar-refractivity contribution in [1.29, 1.82) is 0 Å². The van der Waals surface area contributed by atoms with E-state index in [-0.39, 0.29) is 32.9 Å². The highest BCUT2D eigenvalue weighted by Crippen LogP contribution is 2.93. The van der Waals surface area contributed by atoms with Crippen LogP contribution in [0.3, 0.4) is 0 Å². The van der Waals surface area contributed by atoms with Gasteiger partial charge in [-0.2, -0.15) is 8.42 Å². The molecular weight excluding hydrogens is 578 g/mol. The lowest BCUT2D eigenvalue weighted by Crippen LogP contribution is -2.41. The SMILES string of the molecule is [2H]C1(CCOc2ccn(-c3ccc4c(n3)N3C[C@@H](CCCNc5cccc(n5)S(=O)(=O)NC4=O)CC3(C)C)n2)C2(CC2)C12CC2. The van der Waals surface area contributed by atoms with Gasteiger partial charge in [-0.05, 0) is 112 Å². The summed E-state index contributed by atoms with van der Waals surface area (Å²) in [6, 6.07) is 9.75. The van der Waals surface area contributed by atoms with Gasteiger partial charge in [0.15, 0.2) is 10.8 Å². The third-order valence-corrected chi connectivity index (χ3v) is 11.8. The van der Waals surface area contributed by atoms with Crippen molar-refractivity contribution in [3.05, 3.63) is 48.2 Å². The largest absolute Gasteiger partial charge is 0.477 e. The van der Waals surface area contributed by atoms with E-state index in [1.807, 2.05) is 0 Å². The zero-order chi connectivity index (χ0) is 31.2. The van der Waals surface area contributed by atoms with E-state index in [1.54, 1.807) is 41.2 Å². The summed E-state index contributed by atoms with van der Waals surface area (Å²) >= 11 is 0. The Kier molecular flexibility index (Phi) is 5.87. The second-order valence-electron chi connectivity index (χ2n) is 13.7. The molecule has 4 fully saturated rings. The number of nitrogens with one attached hydrogen (secondary N) is 2. The molecule has 3 aromatic heterocycles. The number of ether oxygens (including phenoxy) is 1. The first-order chi connectivity index (χ1) is 21.5. The topological polar surface area (TPSA) is 131 Å². The van der Waals surface area contributed by atoms with Gasteiger partial charge in [0, 0.05) is 32.3 Å². The molecular formula is C32H39N7O4S. The Labute approximate surface area is 259 Å². The lowest BCUT2D eigenvalue weighted by Gasteiger charge is -2.34. The van der Waals surface area contributed by atoms with Gasteiger partial charge in [0.2, 0.25) is 5.88 Å². The minimum Gasteiger partial charge on any atom is -0.477 e. The number of nitrogens with zero attached hydrogens (tertiary/aromatic N) is 5. The van der Waals surface area contributed by atoms with E-state index < -0.39 is 15.9 Å². The molecule has 2 aliphatic heterocycles. The van der Waals surface area contributed by atoms with Crippen molar-refractivity contribution < 1.29 is 19.3 Å². The van der Waals surface area contributed by atoms with Crippen LogP contribution < -0.4 is 19.7 Å². The summed E-state index contributed by atoms with van der Waals surface area (Å²) in [5.41, 5.74) is 0.391. The average molecular weight is 619 g/mol. The van der Waals surface area contributed by atoms with Crippen molar-refractivity contribution in [3.63, 3.8) is 0 Å². The third kappa shape index (κ3) is 4.55. The predicted octanol–water partition coefficient (Wildman–Crippen LogP) is 4.55. The minimum absolute atomic E-state index is 0.164. The number of hydrogen-bond donors (Lipinski definition) is 2. The van der Waals surface area contributed by atoms with Crippen molar-refractivity contribution in [3.8, 4) is 11.7 Å². The summed E-state index contributed by atoms with van der Waals surface area (Å²) in [4.78, 5) is 24.9. The van der Waals surface area contributed by atoms with Gasteiger partial charge in [0.25, 0.3) is 15.9 Å². The van der Waals surface area contributed by atoms with Crippen molar-refractivity contribution in [2.45, 2.75) is 75.8 Å². The molecule has 3 saturated carbocycles. The van der Waals surface area contributed by atoms with Crippen LogP contribution in [0.1, 0.15) is 76.9 Å². The number of carbonyl (C=O) groups is 1. The highest BCUT2D eigenvalue weighted by atomic mass is 32.2. The second-order valence-corrected chi connectivity index (χ2v) is 15.4. The molecule has 5 heterocycles. The van der Waals surface area contributed by atoms with Crippen LogP contribution in [-0.4, -0.2) is 59.3 Å². The van der Waals surface area contributed by atoms with Gasteiger partial charge in [-0.3, -0.25) is 4.79 Å². The number of amides is 1. The Morgan fingerprint density at radius 3 is 2.66 bits per heavy atom. The van der Waals surface area contributed by atoms with Crippen LogP contribution >= 0.6 is 0 Å². The first kappa shape index (κ1) is 26.7. The Morgan fingerprint density at radius 2 is 1.89 bits per heavy atom. The molecule has 8 rings (SSSR count). The fraction of sp³-hybridized carbons (Fsp3) is 0.562. The Hall–Kier alpha value is -3.67. The molecule has 12 heteroatoms. The smallest absolute Gasteiger partial charge is 0.281 e. The molecule has 2 spiro atoms. The molecule has 0 radical (unpaired) electrons. The van der Waals surface area contributed by atoms with Gasteiger partial charge in [-0.1, -0.05) is 6.07 Å². The van der Waals surface area contributed by atoms with Crippen LogP contribution in [0.15, 0.2) is 47.6 Å². The molecule has 0 aromatic carbocycles. The van der Waals surface area contributed by atoms with E-state index in [0.717, 1.165) is 25.7 Å². The first-order valence-corrected chi connectivity index (χ1v) is 17.2. The van der Waals surface area contributed by atoms with E-state index >= 15 is 0 Å². The first-order valence-electron chi connectivity index (χ1n) is 16.2. The number of hydrogen-bond acceptors (Lipinski definition) is 9. The van der Waals surface area contributed by atoms with Crippen LogP contribution in [0.5, 0.6) is 5.88 Å². The molecule has 11 nitrogen and oxygen atoms in total. The summed E-state index contributed by atoms with van der Waals surface area (Å²) < 4.78 is 45.3. The summed E-state index contributed by atoms with van der Waals surface area (Å²) in [5.74, 6) is 1.08. The van der Waals surface area contributed by atoms with Crippen LogP contribution in [0, 0.1) is 22.6 Å². The maximum absolute atomic E-state index is 13.6. The van der Waals surface area contributed by atoms with E-state index in [2.05, 4.69) is 38.9 Å². The van der Waals surface area contributed by atoms with E-state index in [0.29, 0.717) is 48.9 Å². The Bertz CT molecular complexity index is 1780. The third-order valence-electron chi connectivity index (χ3n) is 10.6. The van der Waals surface area contributed by atoms with Crippen LogP contribution in [-0.2, 0) is 10.0 Å². The Balaban J connectivity index is 1.07. The minimum atomic E-state index is -4.24. The van der Waals surface area contributed by atoms with Crippen LogP contribution in [0.2, 0.25) is 0 Å². The number of sulfonamides is 1. The van der Waals surface area contributed by atoms with Gasteiger partial charge in [-0.15, -0.1) is 5.10 Å². The monoisotopic (exact) mass is 618 g/mol. The Morgan fingerprint density at radius 1 is 1.09 bits per heavy atom.